The van der Waals surface area contributed by atoms with Crippen LogP contribution in [0.1, 0.15) is 6.42 Å². The number of hydrogen-bond acceptors (Lipinski definition) is 6. The summed E-state index contributed by atoms with van der Waals surface area (Å²) in [5.41, 5.74) is 2.37. The highest BCUT2D eigenvalue weighted by atomic mass is 79.9. The number of rotatable bonds is 6. The SMILES string of the molecule is CN(C)CCCOc1nc(NN)ncc1Br. The van der Waals surface area contributed by atoms with Gasteiger partial charge in [0.05, 0.1) is 17.3 Å². The molecule has 0 aliphatic rings. The summed E-state index contributed by atoms with van der Waals surface area (Å²) in [6.45, 7) is 1.59. The molecule has 0 radical (unpaired) electrons. The van der Waals surface area contributed by atoms with Crippen molar-refractivity contribution in [1.29, 1.82) is 0 Å². The summed E-state index contributed by atoms with van der Waals surface area (Å²) in [4.78, 5) is 10.1. The van der Waals surface area contributed by atoms with E-state index in [1.54, 1.807) is 6.20 Å². The van der Waals surface area contributed by atoms with Crippen molar-refractivity contribution in [2.45, 2.75) is 6.42 Å². The molecule has 3 N–H and O–H groups in total. The largest absolute Gasteiger partial charge is 0.477 e. The van der Waals surface area contributed by atoms with Crippen molar-refractivity contribution >= 4 is 21.9 Å². The predicted molar refractivity (Wildman–Crippen MR) is 66.2 cm³/mol. The Bertz CT molecular complexity index is 334. The fourth-order valence-electron chi connectivity index (χ4n) is 1.07. The van der Waals surface area contributed by atoms with Crippen LogP contribution < -0.4 is 16.0 Å². The number of anilines is 1. The molecule has 1 aromatic heterocycles. The molecule has 0 saturated carbocycles. The van der Waals surface area contributed by atoms with Gasteiger partial charge in [0.15, 0.2) is 0 Å². The third-order valence-corrected chi connectivity index (χ3v) is 2.37. The Morgan fingerprint density at radius 1 is 1.56 bits per heavy atom. The van der Waals surface area contributed by atoms with E-state index in [2.05, 4.69) is 36.2 Å². The van der Waals surface area contributed by atoms with Crippen LogP contribution in [0, 0.1) is 0 Å². The second-order valence-corrected chi connectivity index (χ2v) is 4.35. The molecule has 0 unspecified atom stereocenters. The van der Waals surface area contributed by atoms with Gasteiger partial charge < -0.3 is 9.64 Å². The number of nitrogens with zero attached hydrogens (tertiary/aromatic N) is 3. The van der Waals surface area contributed by atoms with E-state index >= 15 is 0 Å². The average Bonchev–Trinajstić information content (AvgIpc) is 2.26. The van der Waals surface area contributed by atoms with E-state index in [1.807, 2.05) is 14.1 Å². The zero-order chi connectivity index (χ0) is 12.0. The van der Waals surface area contributed by atoms with E-state index in [9.17, 15) is 0 Å². The second-order valence-electron chi connectivity index (χ2n) is 3.50. The van der Waals surface area contributed by atoms with Crippen molar-refractivity contribution in [3.05, 3.63) is 10.7 Å². The van der Waals surface area contributed by atoms with E-state index in [4.69, 9.17) is 10.6 Å². The molecule has 1 aromatic rings. The predicted octanol–water partition coefficient (Wildman–Crippen LogP) is 0.855. The maximum Gasteiger partial charge on any atom is 0.240 e. The maximum atomic E-state index is 5.51. The van der Waals surface area contributed by atoms with E-state index < -0.39 is 0 Å². The lowest BCUT2D eigenvalue weighted by Crippen LogP contribution is -2.16. The quantitative estimate of drug-likeness (QED) is 0.459. The van der Waals surface area contributed by atoms with Gasteiger partial charge in [-0.05, 0) is 36.4 Å². The van der Waals surface area contributed by atoms with E-state index in [0.29, 0.717) is 18.4 Å². The Morgan fingerprint density at radius 3 is 2.94 bits per heavy atom. The summed E-state index contributed by atoms with van der Waals surface area (Å²) in [7, 11) is 4.05. The molecule has 0 aromatic carbocycles. The van der Waals surface area contributed by atoms with Gasteiger partial charge in [0.1, 0.15) is 0 Å². The number of hydrazine groups is 1. The van der Waals surface area contributed by atoms with Crippen molar-refractivity contribution in [3.63, 3.8) is 0 Å². The molecule has 90 valence electrons. The van der Waals surface area contributed by atoms with Crippen molar-refractivity contribution in [2.75, 3.05) is 32.7 Å². The standard InChI is InChI=1S/C9H16BrN5O/c1-15(2)4-3-5-16-8-7(10)6-12-9(13-8)14-11/h6H,3-5,11H2,1-2H3,(H,12,13,14). The van der Waals surface area contributed by atoms with Gasteiger partial charge in [0.25, 0.3) is 0 Å². The molecule has 0 saturated heterocycles. The minimum Gasteiger partial charge on any atom is -0.477 e. The van der Waals surface area contributed by atoms with Crippen LogP contribution in [0.5, 0.6) is 5.88 Å². The number of aromatic nitrogens is 2. The molecule has 0 spiro atoms. The summed E-state index contributed by atoms with van der Waals surface area (Å²) in [5.74, 6) is 6.05. The van der Waals surface area contributed by atoms with Crippen LogP contribution in [0.3, 0.4) is 0 Å². The molecule has 6 nitrogen and oxygen atoms in total. The van der Waals surface area contributed by atoms with Gasteiger partial charge in [-0.15, -0.1) is 0 Å². The zero-order valence-electron chi connectivity index (χ0n) is 9.40. The Morgan fingerprint density at radius 2 is 2.31 bits per heavy atom. The molecule has 0 bridgehead atoms. The normalized spacial score (nSPS) is 10.6. The van der Waals surface area contributed by atoms with Crippen LogP contribution in [0.4, 0.5) is 5.95 Å². The minimum absolute atomic E-state index is 0.339. The van der Waals surface area contributed by atoms with E-state index in [-0.39, 0.29) is 0 Å². The highest BCUT2D eigenvalue weighted by Crippen LogP contribution is 2.22. The van der Waals surface area contributed by atoms with Gasteiger partial charge in [0, 0.05) is 6.54 Å². The van der Waals surface area contributed by atoms with Crippen LogP contribution in [0.2, 0.25) is 0 Å². The smallest absolute Gasteiger partial charge is 0.240 e. The number of nitrogens with one attached hydrogen (secondary N) is 1. The molecule has 0 fully saturated rings. The molecule has 0 aliphatic carbocycles. The Labute approximate surface area is 103 Å². The lowest BCUT2D eigenvalue weighted by Gasteiger charge is -2.11. The van der Waals surface area contributed by atoms with Gasteiger partial charge in [-0.3, -0.25) is 5.43 Å². The first-order valence-electron chi connectivity index (χ1n) is 4.90. The summed E-state index contributed by atoms with van der Waals surface area (Å²) >= 11 is 3.31. The number of nitrogen functional groups attached to an aromatic ring is 1. The van der Waals surface area contributed by atoms with Gasteiger partial charge in [-0.2, -0.15) is 4.98 Å². The third kappa shape index (κ3) is 4.30. The molecule has 0 amide bonds. The molecular weight excluding hydrogens is 274 g/mol. The van der Waals surface area contributed by atoms with Gasteiger partial charge in [-0.25, -0.2) is 10.8 Å². The van der Waals surface area contributed by atoms with Crippen molar-refractivity contribution in [1.82, 2.24) is 14.9 Å². The molecule has 16 heavy (non-hydrogen) atoms. The van der Waals surface area contributed by atoms with Crippen LogP contribution in [-0.4, -0.2) is 42.1 Å². The van der Waals surface area contributed by atoms with E-state index in [0.717, 1.165) is 17.4 Å². The number of ether oxygens (including phenoxy) is 1. The first kappa shape index (κ1) is 13.1. The summed E-state index contributed by atoms with van der Waals surface area (Å²) in [6, 6.07) is 0. The molecule has 7 heteroatoms. The summed E-state index contributed by atoms with van der Waals surface area (Å²) in [5, 5.41) is 0. The monoisotopic (exact) mass is 289 g/mol. The van der Waals surface area contributed by atoms with Crippen molar-refractivity contribution in [2.24, 2.45) is 5.84 Å². The highest BCUT2D eigenvalue weighted by molar-refractivity contribution is 9.10. The zero-order valence-corrected chi connectivity index (χ0v) is 11.0. The number of hydrogen-bond donors (Lipinski definition) is 2. The molecule has 1 rings (SSSR count). The van der Waals surface area contributed by atoms with Crippen LogP contribution in [-0.2, 0) is 0 Å². The van der Waals surface area contributed by atoms with Gasteiger partial charge >= 0.3 is 0 Å². The van der Waals surface area contributed by atoms with Crippen molar-refractivity contribution < 1.29 is 4.74 Å². The van der Waals surface area contributed by atoms with Crippen molar-refractivity contribution in [3.8, 4) is 5.88 Å². The number of halogens is 1. The highest BCUT2D eigenvalue weighted by Gasteiger charge is 2.05. The summed E-state index contributed by atoms with van der Waals surface area (Å²) < 4.78 is 6.23. The Kier molecular flexibility index (Phi) is 5.44. The first-order chi connectivity index (χ1) is 7.63. The van der Waals surface area contributed by atoms with Crippen LogP contribution in [0.15, 0.2) is 10.7 Å². The fourth-order valence-corrected chi connectivity index (χ4v) is 1.38. The first-order valence-corrected chi connectivity index (χ1v) is 5.69. The van der Waals surface area contributed by atoms with E-state index in [1.165, 1.54) is 0 Å². The lowest BCUT2D eigenvalue weighted by atomic mass is 10.4. The Balaban J connectivity index is 2.46. The second kappa shape index (κ2) is 6.62. The van der Waals surface area contributed by atoms with Crippen LogP contribution in [0.25, 0.3) is 0 Å². The molecule has 0 atom stereocenters. The van der Waals surface area contributed by atoms with Gasteiger partial charge in [0.2, 0.25) is 11.8 Å². The molecular formula is C9H16BrN5O. The third-order valence-electron chi connectivity index (χ3n) is 1.83. The van der Waals surface area contributed by atoms with Gasteiger partial charge in [-0.1, -0.05) is 0 Å². The minimum atomic E-state index is 0.339. The average molecular weight is 290 g/mol. The summed E-state index contributed by atoms with van der Waals surface area (Å²) in [6.07, 6.45) is 2.54. The molecule has 0 aliphatic heterocycles. The topological polar surface area (TPSA) is 76.3 Å². The fraction of sp³-hybridized carbons (Fsp3) is 0.556. The maximum absolute atomic E-state index is 5.51. The Hall–Kier alpha value is -0.920. The van der Waals surface area contributed by atoms with Crippen LogP contribution >= 0.6 is 15.9 Å². The number of nitrogens with two attached hydrogens (primary N) is 1. The lowest BCUT2D eigenvalue weighted by molar-refractivity contribution is 0.271. The molecule has 1 heterocycles.